The van der Waals surface area contributed by atoms with Crippen LogP contribution in [-0.2, 0) is 0 Å². The Balaban J connectivity index is 0.000000461. The third-order valence-electron chi connectivity index (χ3n) is 1.83. The maximum Gasteiger partial charge on any atom is 0.0924 e. The van der Waals surface area contributed by atoms with Gasteiger partial charge < -0.3 is 4.98 Å². The Labute approximate surface area is 85.0 Å². The minimum atomic E-state index is 1.07. The van der Waals surface area contributed by atoms with Gasteiger partial charge in [0.25, 0.3) is 0 Å². The zero-order valence-corrected chi connectivity index (χ0v) is 8.91. The van der Waals surface area contributed by atoms with E-state index in [-0.39, 0.29) is 0 Å². The van der Waals surface area contributed by atoms with Crippen molar-refractivity contribution in [1.29, 1.82) is 0 Å². The van der Waals surface area contributed by atoms with Crippen LogP contribution in [0.5, 0.6) is 0 Å². The van der Waals surface area contributed by atoms with Crippen molar-refractivity contribution in [3.63, 3.8) is 0 Å². The number of imidazole rings is 1. The van der Waals surface area contributed by atoms with Crippen LogP contribution in [0.3, 0.4) is 0 Å². The first-order valence-corrected chi connectivity index (χ1v) is 4.92. The summed E-state index contributed by atoms with van der Waals surface area (Å²) in [6.45, 7) is 6.08. The van der Waals surface area contributed by atoms with Gasteiger partial charge in [0, 0.05) is 0 Å². The number of aromatic amines is 1. The summed E-state index contributed by atoms with van der Waals surface area (Å²) in [4.78, 5) is 7.04. The molecule has 0 unspecified atom stereocenters. The standard InChI is InChI=1S/C10H10N2.C2H6/c1-8-3-2-4-9(5-8)10-6-11-7-12-10;1-2/h2-7H,1H3,(H,11,12);1-2H3. The molecule has 0 amide bonds. The van der Waals surface area contributed by atoms with E-state index in [9.17, 15) is 0 Å². The zero-order chi connectivity index (χ0) is 10.4. The minimum absolute atomic E-state index is 1.07. The molecule has 0 saturated heterocycles. The SMILES string of the molecule is CC.Cc1cccc(-c2cnc[nH]2)c1. The maximum atomic E-state index is 3.97. The Hall–Kier alpha value is -1.57. The van der Waals surface area contributed by atoms with Gasteiger partial charge in [-0.1, -0.05) is 37.6 Å². The van der Waals surface area contributed by atoms with E-state index in [0.717, 1.165) is 5.69 Å². The molecule has 0 aliphatic heterocycles. The molecule has 2 nitrogen and oxygen atoms in total. The molecule has 0 spiro atoms. The van der Waals surface area contributed by atoms with Crippen LogP contribution in [0.25, 0.3) is 11.3 Å². The molecule has 0 aliphatic carbocycles. The summed E-state index contributed by atoms with van der Waals surface area (Å²) in [5.41, 5.74) is 3.52. The Bertz CT molecular complexity index is 364. The summed E-state index contributed by atoms with van der Waals surface area (Å²) in [6.07, 6.45) is 3.52. The molecular formula is C12H16N2. The van der Waals surface area contributed by atoms with Crippen LogP contribution >= 0.6 is 0 Å². The van der Waals surface area contributed by atoms with Gasteiger partial charge in [-0.05, 0) is 18.6 Å². The smallest absolute Gasteiger partial charge is 0.0924 e. The van der Waals surface area contributed by atoms with Gasteiger partial charge in [0.1, 0.15) is 0 Å². The highest BCUT2D eigenvalue weighted by Crippen LogP contribution is 2.16. The Morgan fingerprint density at radius 3 is 2.57 bits per heavy atom. The van der Waals surface area contributed by atoms with Gasteiger partial charge in [-0.2, -0.15) is 0 Å². The highest BCUT2D eigenvalue weighted by molar-refractivity contribution is 5.58. The minimum Gasteiger partial charge on any atom is -0.345 e. The molecule has 14 heavy (non-hydrogen) atoms. The van der Waals surface area contributed by atoms with E-state index in [4.69, 9.17) is 0 Å². The number of aryl methyl sites for hydroxylation is 1. The quantitative estimate of drug-likeness (QED) is 0.730. The van der Waals surface area contributed by atoms with Crippen LogP contribution in [0.4, 0.5) is 0 Å². The second kappa shape index (κ2) is 5.22. The van der Waals surface area contributed by atoms with Crippen molar-refractivity contribution in [3.8, 4) is 11.3 Å². The first-order chi connectivity index (χ1) is 6.86. The molecular weight excluding hydrogens is 172 g/mol. The molecule has 0 fully saturated rings. The number of benzene rings is 1. The Kier molecular flexibility index (Phi) is 3.92. The Morgan fingerprint density at radius 1 is 1.21 bits per heavy atom. The number of aromatic nitrogens is 2. The van der Waals surface area contributed by atoms with Gasteiger partial charge >= 0.3 is 0 Å². The van der Waals surface area contributed by atoms with Crippen molar-refractivity contribution in [2.75, 3.05) is 0 Å². The normalized spacial score (nSPS) is 9.07. The molecule has 0 saturated carbocycles. The summed E-state index contributed by atoms with van der Waals surface area (Å²) in [7, 11) is 0. The lowest BCUT2D eigenvalue weighted by Crippen LogP contribution is -1.77. The zero-order valence-electron chi connectivity index (χ0n) is 8.91. The molecule has 2 aromatic rings. The van der Waals surface area contributed by atoms with E-state index in [1.165, 1.54) is 11.1 Å². The van der Waals surface area contributed by atoms with Gasteiger partial charge in [-0.15, -0.1) is 0 Å². The number of nitrogens with zero attached hydrogens (tertiary/aromatic N) is 1. The van der Waals surface area contributed by atoms with Crippen LogP contribution in [0.1, 0.15) is 19.4 Å². The van der Waals surface area contributed by atoms with Gasteiger partial charge in [0.2, 0.25) is 0 Å². The van der Waals surface area contributed by atoms with E-state index < -0.39 is 0 Å². The highest BCUT2D eigenvalue weighted by atomic mass is 14.9. The monoisotopic (exact) mass is 188 g/mol. The summed E-state index contributed by atoms with van der Waals surface area (Å²) in [5, 5.41) is 0. The van der Waals surface area contributed by atoms with Crippen LogP contribution in [0.2, 0.25) is 0 Å². The molecule has 0 atom stereocenters. The van der Waals surface area contributed by atoms with E-state index in [2.05, 4.69) is 35.1 Å². The number of hydrogen-bond acceptors (Lipinski definition) is 1. The average molecular weight is 188 g/mol. The molecule has 2 heteroatoms. The highest BCUT2D eigenvalue weighted by Gasteiger charge is 1.96. The lowest BCUT2D eigenvalue weighted by molar-refractivity contribution is 1.31. The second-order valence-electron chi connectivity index (χ2n) is 2.83. The van der Waals surface area contributed by atoms with E-state index in [1.807, 2.05) is 26.1 Å². The third kappa shape index (κ3) is 2.46. The molecule has 74 valence electrons. The van der Waals surface area contributed by atoms with Gasteiger partial charge in [-0.3, -0.25) is 0 Å². The maximum absolute atomic E-state index is 3.97. The number of rotatable bonds is 1. The van der Waals surface area contributed by atoms with Gasteiger partial charge in [0.05, 0.1) is 18.2 Å². The van der Waals surface area contributed by atoms with Crippen molar-refractivity contribution in [2.24, 2.45) is 0 Å². The Morgan fingerprint density at radius 2 is 2.00 bits per heavy atom. The largest absolute Gasteiger partial charge is 0.345 e. The first-order valence-electron chi connectivity index (χ1n) is 4.92. The van der Waals surface area contributed by atoms with Crippen LogP contribution < -0.4 is 0 Å². The topological polar surface area (TPSA) is 28.7 Å². The molecule has 0 radical (unpaired) electrons. The van der Waals surface area contributed by atoms with Crippen LogP contribution in [-0.4, -0.2) is 9.97 Å². The fourth-order valence-corrected chi connectivity index (χ4v) is 1.23. The van der Waals surface area contributed by atoms with Gasteiger partial charge in [0.15, 0.2) is 0 Å². The van der Waals surface area contributed by atoms with E-state index in [0.29, 0.717) is 0 Å². The molecule has 1 heterocycles. The second-order valence-corrected chi connectivity index (χ2v) is 2.83. The predicted octanol–water partition coefficient (Wildman–Crippen LogP) is 3.41. The summed E-state index contributed by atoms with van der Waals surface area (Å²) >= 11 is 0. The lowest BCUT2D eigenvalue weighted by atomic mass is 10.1. The third-order valence-corrected chi connectivity index (χ3v) is 1.83. The fraction of sp³-hybridized carbons (Fsp3) is 0.250. The van der Waals surface area contributed by atoms with Crippen molar-refractivity contribution < 1.29 is 0 Å². The van der Waals surface area contributed by atoms with Crippen molar-refractivity contribution in [1.82, 2.24) is 9.97 Å². The molecule has 1 aromatic heterocycles. The van der Waals surface area contributed by atoms with E-state index in [1.54, 1.807) is 6.33 Å². The summed E-state index contributed by atoms with van der Waals surface area (Å²) < 4.78 is 0. The van der Waals surface area contributed by atoms with Crippen molar-refractivity contribution in [3.05, 3.63) is 42.4 Å². The van der Waals surface area contributed by atoms with Crippen LogP contribution in [0, 0.1) is 6.92 Å². The fourth-order valence-electron chi connectivity index (χ4n) is 1.23. The molecule has 2 rings (SSSR count). The molecule has 1 N–H and O–H groups in total. The summed E-state index contributed by atoms with van der Waals surface area (Å²) in [5.74, 6) is 0. The van der Waals surface area contributed by atoms with Gasteiger partial charge in [-0.25, -0.2) is 4.98 Å². The molecule has 0 aliphatic rings. The predicted molar refractivity (Wildman–Crippen MR) is 60.1 cm³/mol. The number of hydrogen-bond donors (Lipinski definition) is 1. The average Bonchev–Trinajstić information content (AvgIpc) is 2.74. The molecule has 0 bridgehead atoms. The van der Waals surface area contributed by atoms with Crippen molar-refractivity contribution >= 4 is 0 Å². The molecule has 1 aromatic carbocycles. The first kappa shape index (κ1) is 10.5. The lowest BCUT2D eigenvalue weighted by Gasteiger charge is -1.97. The van der Waals surface area contributed by atoms with Crippen LogP contribution in [0.15, 0.2) is 36.8 Å². The summed E-state index contributed by atoms with van der Waals surface area (Å²) in [6, 6.07) is 8.33. The number of H-pyrrole nitrogens is 1. The number of nitrogens with one attached hydrogen (secondary N) is 1. The van der Waals surface area contributed by atoms with E-state index >= 15 is 0 Å². The van der Waals surface area contributed by atoms with Crippen molar-refractivity contribution in [2.45, 2.75) is 20.8 Å².